The lowest BCUT2D eigenvalue weighted by Crippen LogP contribution is -1.99. The van der Waals surface area contributed by atoms with E-state index in [0.717, 1.165) is 21.2 Å². The Hall–Kier alpha value is -1.78. The molecule has 0 bridgehead atoms. The molecule has 0 aliphatic carbocycles. The van der Waals surface area contributed by atoms with Gasteiger partial charge in [0.25, 0.3) is 0 Å². The minimum Gasteiger partial charge on any atom is -0.497 e. The summed E-state index contributed by atoms with van der Waals surface area (Å²) in [4.78, 5) is 0. The molecule has 2 nitrogen and oxygen atoms in total. The molecule has 3 aromatic carbocycles. The zero-order valence-electron chi connectivity index (χ0n) is 13.1. The predicted octanol–water partition coefficient (Wildman–Crippen LogP) is 6.38. The van der Waals surface area contributed by atoms with Crippen LogP contribution in [-0.2, 0) is 6.54 Å². The van der Waals surface area contributed by atoms with Gasteiger partial charge in [0.05, 0.1) is 7.11 Å². The number of rotatable bonds is 3. The van der Waals surface area contributed by atoms with Gasteiger partial charge in [-0.2, -0.15) is 0 Å². The molecule has 120 valence electrons. The minimum absolute atomic E-state index is 0.827. The molecule has 4 heteroatoms. The van der Waals surface area contributed by atoms with Crippen molar-refractivity contribution in [2.45, 2.75) is 6.54 Å². The van der Waals surface area contributed by atoms with Crippen molar-refractivity contribution in [3.05, 3.63) is 75.2 Å². The molecule has 0 radical (unpaired) electrons. The van der Waals surface area contributed by atoms with Gasteiger partial charge in [0.15, 0.2) is 0 Å². The van der Waals surface area contributed by atoms with Gasteiger partial charge in [-0.3, -0.25) is 0 Å². The average molecular weight is 445 g/mol. The highest BCUT2D eigenvalue weighted by Crippen LogP contribution is 2.33. The second-order valence-corrected chi connectivity index (χ2v) is 7.59. The van der Waals surface area contributed by atoms with Crippen molar-refractivity contribution >= 4 is 53.7 Å². The van der Waals surface area contributed by atoms with Crippen LogP contribution in [0.2, 0.25) is 0 Å². The van der Waals surface area contributed by atoms with Gasteiger partial charge >= 0.3 is 0 Å². The Morgan fingerprint density at radius 2 is 1.33 bits per heavy atom. The van der Waals surface area contributed by atoms with E-state index in [9.17, 15) is 0 Å². The summed E-state index contributed by atoms with van der Waals surface area (Å²) in [6, 6.07) is 21.2. The van der Waals surface area contributed by atoms with E-state index >= 15 is 0 Å². The normalized spacial score (nSPS) is 11.3. The van der Waals surface area contributed by atoms with Crippen molar-refractivity contribution in [2.24, 2.45) is 0 Å². The summed E-state index contributed by atoms with van der Waals surface area (Å²) >= 11 is 7.19. The van der Waals surface area contributed by atoms with E-state index < -0.39 is 0 Å². The molecule has 0 amide bonds. The second-order valence-electron chi connectivity index (χ2n) is 5.76. The van der Waals surface area contributed by atoms with Crippen molar-refractivity contribution in [3.63, 3.8) is 0 Å². The Morgan fingerprint density at radius 3 is 1.83 bits per heavy atom. The number of nitrogens with zero attached hydrogens (tertiary/aromatic N) is 1. The van der Waals surface area contributed by atoms with Crippen LogP contribution in [0.5, 0.6) is 5.75 Å². The summed E-state index contributed by atoms with van der Waals surface area (Å²) in [6.45, 7) is 0.827. The second kappa shape index (κ2) is 6.26. The number of fused-ring (bicyclic) bond motifs is 3. The summed E-state index contributed by atoms with van der Waals surface area (Å²) in [6.07, 6.45) is 0. The molecule has 4 aromatic rings. The summed E-state index contributed by atoms with van der Waals surface area (Å²) in [5.41, 5.74) is 3.73. The maximum absolute atomic E-state index is 5.25. The summed E-state index contributed by atoms with van der Waals surface area (Å²) in [7, 11) is 1.69. The van der Waals surface area contributed by atoms with E-state index in [-0.39, 0.29) is 0 Å². The molecule has 0 saturated heterocycles. The Bertz CT molecular complexity index is 976. The fraction of sp³-hybridized carbons (Fsp3) is 0.100. The van der Waals surface area contributed by atoms with Crippen molar-refractivity contribution in [1.82, 2.24) is 4.57 Å². The fourth-order valence-corrected chi connectivity index (χ4v) is 3.85. The molecule has 1 heterocycles. The highest BCUT2D eigenvalue weighted by molar-refractivity contribution is 9.10. The van der Waals surface area contributed by atoms with E-state index in [1.165, 1.54) is 27.4 Å². The summed E-state index contributed by atoms with van der Waals surface area (Å²) in [5.74, 6) is 0.883. The molecule has 4 rings (SSSR count). The molecular weight excluding hydrogens is 430 g/mol. The number of halogens is 2. The van der Waals surface area contributed by atoms with Gasteiger partial charge in [-0.25, -0.2) is 0 Å². The number of aromatic nitrogens is 1. The SMILES string of the molecule is COc1ccc(Cn2c3ccc(Br)cc3c3cc(Br)ccc32)cc1. The highest BCUT2D eigenvalue weighted by Gasteiger charge is 2.12. The molecule has 0 fully saturated rings. The lowest BCUT2D eigenvalue weighted by molar-refractivity contribution is 0.414. The van der Waals surface area contributed by atoms with Gasteiger partial charge in [-0.05, 0) is 54.1 Å². The Labute approximate surface area is 157 Å². The summed E-state index contributed by atoms with van der Waals surface area (Å²) in [5, 5.41) is 2.52. The standard InChI is InChI=1S/C20H15Br2NO/c1-24-16-6-2-13(3-7-16)12-23-19-8-4-14(21)10-17(19)18-11-15(22)5-9-20(18)23/h2-11H,12H2,1H3. The molecule has 0 aliphatic heterocycles. The number of methoxy groups -OCH3 is 1. The maximum Gasteiger partial charge on any atom is 0.118 e. The monoisotopic (exact) mass is 443 g/mol. The van der Waals surface area contributed by atoms with Gasteiger partial charge in [0.2, 0.25) is 0 Å². The lowest BCUT2D eigenvalue weighted by Gasteiger charge is -2.09. The van der Waals surface area contributed by atoms with E-state index in [2.05, 4.69) is 85.0 Å². The molecule has 0 N–H and O–H groups in total. The predicted molar refractivity (Wildman–Crippen MR) is 107 cm³/mol. The number of hydrogen-bond acceptors (Lipinski definition) is 1. The number of ether oxygens (including phenoxy) is 1. The third-order valence-corrected chi connectivity index (χ3v) is 5.28. The first-order chi connectivity index (χ1) is 11.7. The van der Waals surface area contributed by atoms with Gasteiger partial charge < -0.3 is 9.30 Å². The molecule has 1 aromatic heterocycles. The Morgan fingerprint density at radius 1 is 0.792 bits per heavy atom. The largest absolute Gasteiger partial charge is 0.497 e. The molecule has 0 unspecified atom stereocenters. The fourth-order valence-electron chi connectivity index (χ4n) is 3.13. The zero-order chi connectivity index (χ0) is 16.7. The van der Waals surface area contributed by atoms with Crippen molar-refractivity contribution in [1.29, 1.82) is 0 Å². The van der Waals surface area contributed by atoms with Crippen LogP contribution in [0, 0.1) is 0 Å². The van der Waals surface area contributed by atoms with E-state index in [1.807, 2.05) is 12.1 Å². The van der Waals surface area contributed by atoms with Gasteiger partial charge in [-0.15, -0.1) is 0 Å². The van der Waals surface area contributed by atoms with Crippen LogP contribution in [0.3, 0.4) is 0 Å². The van der Waals surface area contributed by atoms with E-state index in [4.69, 9.17) is 4.74 Å². The first-order valence-electron chi connectivity index (χ1n) is 7.65. The van der Waals surface area contributed by atoms with Crippen molar-refractivity contribution < 1.29 is 4.74 Å². The van der Waals surface area contributed by atoms with Crippen molar-refractivity contribution in [2.75, 3.05) is 7.11 Å². The van der Waals surface area contributed by atoms with Gasteiger partial charge in [0, 0.05) is 37.3 Å². The highest BCUT2D eigenvalue weighted by atomic mass is 79.9. The van der Waals surface area contributed by atoms with Gasteiger partial charge in [-0.1, -0.05) is 44.0 Å². The zero-order valence-corrected chi connectivity index (χ0v) is 16.3. The van der Waals surface area contributed by atoms with Crippen LogP contribution < -0.4 is 4.74 Å². The lowest BCUT2D eigenvalue weighted by atomic mass is 10.2. The van der Waals surface area contributed by atoms with Crippen LogP contribution >= 0.6 is 31.9 Å². The van der Waals surface area contributed by atoms with E-state index in [1.54, 1.807) is 7.11 Å². The quantitative estimate of drug-likeness (QED) is 0.357. The van der Waals surface area contributed by atoms with Crippen LogP contribution in [0.1, 0.15) is 5.56 Å². The van der Waals surface area contributed by atoms with E-state index in [0.29, 0.717) is 0 Å². The smallest absolute Gasteiger partial charge is 0.118 e. The molecular formula is C20H15Br2NO. The number of benzene rings is 3. The molecule has 0 atom stereocenters. The molecule has 0 aliphatic rings. The molecule has 0 spiro atoms. The summed E-state index contributed by atoms with van der Waals surface area (Å²) < 4.78 is 9.81. The topological polar surface area (TPSA) is 14.2 Å². The maximum atomic E-state index is 5.25. The van der Waals surface area contributed by atoms with Crippen LogP contribution in [0.4, 0.5) is 0 Å². The third kappa shape index (κ3) is 2.74. The average Bonchev–Trinajstić information content (AvgIpc) is 2.88. The van der Waals surface area contributed by atoms with Gasteiger partial charge in [0.1, 0.15) is 5.75 Å². The third-order valence-electron chi connectivity index (χ3n) is 4.29. The molecule has 0 saturated carbocycles. The molecule has 24 heavy (non-hydrogen) atoms. The Balaban J connectivity index is 1.91. The van der Waals surface area contributed by atoms with Crippen LogP contribution in [0.25, 0.3) is 21.8 Å². The Kier molecular flexibility index (Phi) is 4.10. The minimum atomic E-state index is 0.827. The number of hydrogen-bond donors (Lipinski definition) is 0. The van der Waals surface area contributed by atoms with Crippen molar-refractivity contribution in [3.8, 4) is 5.75 Å². The first-order valence-corrected chi connectivity index (χ1v) is 9.24. The first kappa shape index (κ1) is 15.7. The van der Waals surface area contributed by atoms with Crippen LogP contribution in [-0.4, -0.2) is 11.7 Å². The van der Waals surface area contributed by atoms with Crippen LogP contribution in [0.15, 0.2) is 69.6 Å².